The molecule has 2 unspecified atom stereocenters. The van der Waals surface area contributed by atoms with E-state index in [1.807, 2.05) is 24.3 Å². The fourth-order valence-electron chi connectivity index (χ4n) is 2.38. The van der Waals surface area contributed by atoms with Crippen molar-refractivity contribution in [1.29, 1.82) is 0 Å². The van der Waals surface area contributed by atoms with Crippen molar-refractivity contribution >= 4 is 11.6 Å². The first kappa shape index (κ1) is 13.5. The molecule has 6 heteroatoms. The van der Waals surface area contributed by atoms with Gasteiger partial charge in [-0.3, -0.25) is 0 Å². The van der Waals surface area contributed by atoms with Gasteiger partial charge in [0.05, 0.1) is 12.1 Å². The van der Waals surface area contributed by atoms with Crippen LogP contribution in [0.4, 0.5) is 0 Å². The van der Waals surface area contributed by atoms with Gasteiger partial charge >= 0.3 is 0 Å². The lowest BCUT2D eigenvalue weighted by Gasteiger charge is -2.04. The van der Waals surface area contributed by atoms with Crippen molar-refractivity contribution in [2.75, 3.05) is 13.7 Å². The van der Waals surface area contributed by atoms with Crippen molar-refractivity contribution in [2.45, 2.75) is 25.0 Å². The molecule has 1 N–H and O–H groups in total. The van der Waals surface area contributed by atoms with Crippen LogP contribution in [0.1, 0.15) is 29.7 Å². The zero-order valence-electron chi connectivity index (χ0n) is 11.2. The van der Waals surface area contributed by atoms with E-state index in [2.05, 4.69) is 15.5 Å². The number of rotatable bonds is 4. The maximum Gasteiger partial charge on any atom is 0.243 e. The van der Waals surface area contributed by atoms with E-state index in [4.69, 9.17) is 20.9 Å². The zero-order valence-corrected chi connectivity index (χ0v) is 11.9. The summed E-state index contributed by atoms with van der Waals surface area (Å²) in [5.74, 6) is 1.30. The molecule has 1 aromatic carbocycles. The van der Waals surface area contributed by atoms with E-state index < -0.39 is 0 Å². The zero-order chi connectivity index (χ0) is 13.9. The Morgan fingerprint density at radius 3 is 3.15 bits per heavy atom. The van der Waals surface area contributed by atoms with Gasteiger partial charge in [0.25, 0.3) is 0 Å². The summed E-state index contributed by atoms with van der Waals surface area (Å²) in [4.78, 5) is 4.45. The van der Waals surface area contributed by atoms with Gasteiger partial charge in [0.1, 0.15) is 0 Å². The average molecular weight is 294 g/mol. The van der Waals surface area contributed by atoms with E-state index in [-0.39, 0.29) is 12.1 Å². The standard InChI is InChI=1S/C14H16ClN3O2/c1-19-11-7-12(16-8-11)14-17-13(18-20-14)6-9-3-2-4-10(15)5-9/h2-5,11-12,16H,6-8H2,1H3. The van der Waals surface area contributed by atoms with Gasteiger partial charge in [-0.25, -0.2) is 0 Å². The predicted octanol–water partition coefficient (Wildman–Crippen LogP) is 2.36. The summed E-state index contributed by atoms with van der Waals surface area (Å²) in [7, 11) is 1.72. The Bertz CT molecular complexity index is 587. The van der Waals surface area contributed by atoms with Crippen LogP contribution in [0.15, 0.2) is 28.8 Å². The van der Waals surface area contributed by atoms with E-state index in [9.17, 15) is 0 Å². The highest BCUT2D eigenvalue weighted by atomic mass is 35.5. The van der Waals surface area contributed by atoms with Crippen LogP contribution < -0.4 is 5.32 Å². The molecule has 3 rings (SSSR count). The lowest BCUT2D eigenvalue weighted by atomic mass is 10.1. The molecule has 5 nitrogen and oxygen atoms in total. The Morgan fingerprint density at radius 2 is 2.40 bits per heavy atom. The number of nitrogens with zero attached hydrogens (tertiary/aromatic N) is 2. The lowest BCUT2D eigenvalue weighted by molar-refractivity contribution is 0.116. The van der Waals surface area contributed by atoms with Crippen LogP contribution in [-0.2, 0) is 11.2 Å². The summed E-state index contributed by atoms with van der Waals surface area (Å²) in [6.45, 7) is 0.813. The molecule has 0 amide bonds. The quantitative estimate of drug-likeness (QED) is 0.938. The molecule has 0 bridgehead atoms. The second-order valence-electron chi connectivity index (χ2n) is 4.91. The minimum absolute atomic E-state index is 0.0839. The predicted molar refractivity (Wildman–Crippen MR) is 74.7 cm³/mol. The van der Waals surface area contributed by atoms with Crippen LogP contribution in [0, 0.1) is 0 Å². The molecule has 0 radical (unpaired) electrons. The number of halogens is 1. The van der Waals surface area contributed by atoms with Crippen LogP contribution in [0.3, 0.4) is 0 Å². The highest BCUT2D eigenvalue weighted by molar-refractivity contribution is 6.30. The third-order valence-corrected chi connectivity index (χ3v) is 3.69. The molecule has 106 valence electrons. The van der Waals surface area contributed by atoms with Crippen molar-refractivity contribution in [1.82, 2.24) is 15.5 Å². The average Bonchev–Trinajstić information content (AvgIpc) is 3.07. The van der Waals surface area contributed by atoms with Crippen LogP contribution in [-0.4, -0.2) is 29.9 Å². The maximum atomic E-state index is 5.96. The SMILES string of the molecule is COC1CNC(c2nc(Cc3cccc(Cl)c3)no2)C1. The van der Waals surface area contributed by atoms with Gasteiger partial charge in [-0.2, -0.15) is 4.98 Å². The first-order chi connectivity index (χ1) is 9.74. The molecule has 0 aliphatic carbocycles. The largest absolute Gasteiger partial charge is 0.380 e. The number of aromatic nitrogens is 2. The Labute approximate surface area is 122 Å². The minimum atomic E-state index is 0.0839. The Kier molecular flexibility index (Phi) is 4.00. The fraction of sp³-hybridized carbons (Fsp3) is 0.429. The fourth-order valence-corrected chi connectivity index (χ4v) is 2.59. The molecule has 1 fully saturated rings. The Morgan fingerprint density at radius 1 is 1.50 bits per heavy atom. The van der Waals surface area contributed by atoms with Gasteiger partial charge < -0.3 is 14.6 Å². The number of benzene rings is 1. The van der Waals surface area contributed by atoms with Crippen molar-refractivity contribution in [2.24, 2.45) is 0 Å². The number of ether oxygens (including phenoxy) is 1. The van der Waals surface area contributed by atoms with E-state index in [0.717, 1.165) is 18.5 Å². The van der Waals surface area contributed by atoms with Gasteiger partial charge in [-0.05, 0) is 24.1 Å². The van der Waals surface area contributed by atoms with Crippen molar-refractivity contribution in [3.8, 4) is 0 Å². The van der Waals surface area contributed by atoms with Crippen LogP contribution in [0.25, 0.3) is 0 Å². The van der Waals surface area contributed by atoms with Crippen LogP contribution in [0.5, 0.6) is 0 Å². The third kappa shape index (κ3) is 3.00. The molecular weight excluding hydrogens is 278 g/mol. The summed E-state index contributed by atoms with van der Waals surface area (Å²) in [5.41, 5.74) is 1.07. The molecule has 0 spiro atoms. The smallest absolute Gasteiger partial charge is 0.243 e. The Hall–Kier alpha value is -1.43. The summed E-state index contributed by atoms with van der Waals surface area (Å²) in [5, 5.41) is 8.06. The molecule has 1 aliphatic heterocycles. The van der Waals surface area contributed by atoms with Crippen LogP contribution in [0.2, 0.25) is 5.02 Å². The lowest BCUT2D eigenvalue weighted by Crippen LogP contribution is -2.16. The molecule has 2 aromatic rings. The van der Waals surface area contributed by atoms with Gasteiger partial charge in [-0.15, -0.1) is 0 Å². The number of hydrogen-bond donors (Lipinski definition) is 1. The molecule has 1 aliphatic rings. The normalized spacial score (nSPS) is 22.3. The molecule has 2 atom stereocenters. The van der Waals surface area contributed by atoms with Gasteiger partial charge in [0.15, 0.2) is 5.82 Å². The monoisotopic (exact) mass is 293 g/mol. The number of hydrogen-bond acceptors (Lipinski definition) is 5. The molecule has 1 aromatic heterocycles. The van der Waals surface area contributed by atoms with Crippen molar-refractivity contribution in [3.05, 3.63) is 46.6 Å². The van der Waals surface area contributed by atoms with E-state index in [1.165, 1.54) is 0 Å². The summed E-state index contributed by atoms with van der Waals surface area (Å²) in [6.07, 6.45) is 1.68. The molecular formula is C14H16ClN3O2. The number of nitrogens with one attached hydrogen (secondary N) is 1. The maximum absolute atomic E-state index is 5.96. The van der Waals surface area contributed by atoms with E-state index in [1.54, 1.807) is 7.11 Å². The molecule has 20 heavy (non-hydrogen) atoms. The second kappa shape index (κ2) is 5.91. The van der Waals surface area contributed by atoms with Gasteiger partial charge in [0, 0.05) is 25.1 Å². The van der Waals surface area contributed by atoms with E-state index in [0.29, 0.717) is 23.2 Å². The first-order valence-electron chi connectivity index (χ1n) is 6.57. The highest BCUT2D eigenvalue weighted by Gasteiger charge is 2.29. The molecule has 0 saturated carbocycles. The molecule has 1 saturated heterocycles. The topological polar surface area (TPSA) is 60.2 Å². The van der Waals surface area contributed by atoms with Crippen molar-refractivity contribution < 1.29 is 9.26 Å². The summed E-state index contributed by atoms with van der Waals surface area (Å²) < 4.78 is 10.6. The van der Waals surface area contributed by atoms with Gasteiger partial charge in [-0.1, -0.05) is 28.9 Å². The van der Waals surface area contributed by atoms with Crippen LogP contribution >= 0.6 is 11.6 Å². The minimum Gasteiger partial charge on any atom is -0.380 e. The molecule has 2 heterocycles. The summed E-state index contributed by atoms with van der Waals surface area (Å²) in [6, 6.07) is 7.75. The Balaban J connectivity index is 1.68. The highest BCUT2D eigenvalue weighted by Crippen LogP contribution is 2.23. The second-order valence-corrected chi connectivity index (χ2v) is 5.35. The first-order valence-corrected chi connectivity index (χ1v) is 6.95. The van der Waals surface area contributed by atoms with E-state index >= 15 is 0 Å². The summed E-state index contributed by atoms with van der Waals surface area (Å²) >= 11 is 5.96. The number of methoxy groups -OCH3 is 1. The van der Waals surface area contributed by atoms with Crippen molar-refractivity contribution in [3.63, 3.8) is 0 Å². The van der Waals surface area contributed by atoms with Gasteiger partial charge in [0.2, 0.25) is 5.89 Å². The third-order valence-electron chi connectivity index (χ3n) is 3.46.